The highest BCUT2D eigenvalue weighted by atomic mass is 79.9. The minimum atomic E-state index is -3.49. The first-order chi connectivity index (χ1) is 8.31. The number of nitrogens with two attached hydrogens (primary N) is 1. The van der Waals surface area contributed by atoms with Gasteiger partial charge in [0, 0.05) is 11.8 Å². The predicted molar refractivity (Wildman–Crippen MR) is 73.8 cm³/mol. The molecule has 1 aromatic carbocycles. The van der Waals surface area contributed by atoms with Crippen LogP contribution in [0.4, 0.5) is 14.5 Å². The Morgan fingerprint density at radius 2 is 1.89 bits per heavy atom. The van der Waals surface area contributed by atoms with Crippen LogP contribution in [-0.4, -0.2) is 10.4 Å². The Morgan fingerprint density at radius 3 is 2.33 bits per heavy atom. The zero-order valence-electron chi connectivity index (χ0n) is 10.1. The maximum absolute atomic E-state index is 13.4. The maximum Gasteiger partial charge on any atom is 0.424 e. The van der Waals surface area contributed by atoms with Gasteiger partial charge >= 0.3 is 6.11 Å². The summed E-state index contributed by atoms with van der Waals surface area (Å²) in [5, 5.41) is 0. The number of hydrogen-bond donors (Lipinski definition) is 1. The average molecular weight is 343 g/mol. The van der Waals surface area contributed by atoms with Crippen molar-refractivity contribution >= 4 is 33.2 Å². The highest BCUT2D eigenvalue weighted by Gasteiger charge is 2.40. The third kappa shape index (κ3) is 3.48. The normalized spacial score (nSPS) is 13.4. The molecule has 18 heavy (non-hydrogen) atoms. The van der Waals surface area contributed by atoms with Crippen LogP contribution in [0.25, 0.3) is 0 Å². The number of hydrogen-bond acceptors (Lipinski definition) is 2. The van der Waals surface area contributed by atoms with E-state index in [-0.39, 0.29) is 5.75 Å². The standard InChI is InChI=1S/C12H15BrClF2NO/c1-3-7-5-8(4-2)10(6-9(7)17)18-12(15,16)11(13)14/h5-6,11H,3-4,17H2,1-2H3. The lowest BCUT2D eigenvalue weighted by molar-refractivity contribution is -0.161. The summed E-state index contributed by atoms with van der Waals surface area (Å²) in [6.45, 7) is 3.82. The highest BCUT2D eigenvalue weighted by molar-refractivity contribution is 9.10. The molecule has 6 heteroatoms. The van der Waals surface area contributed by atoms with Crippen LogP contribution in [0.15, 0.2) is 12.1 Å². The van der Waals surface area contributed by atoms with E-state index in [2.05, 4.69) is 20.7 Å². The fourth-order valence-electron chi connectivity index (χ4n) is 1.56. The molecule has 0 aromatic heterocycles. The smallest absolute Gasteiger partial charge is 0.424 e. The Balaban J connectivity index is 3.13. The zero-order valence-corrected chi connectivity index (χ0v) is 12.5. The lowest BCUT2D eigenvalue weighted by Crippen LogP contribution is -2.32. The zero-order chi connectivity index (χ0) is 13.9. The second-order valence-corrected chi connectivity index (χ2v) is 5.71. The fraction of sp³-hybridized carbons (Fsp3) is 0.500. The molecule has 0 amide bonds. The first-order valence-electron chi connectivity index (χ1n) is 5.58. The van der Waals surface area contributed by atoms with Crippen LogP contribution in [0.2, 0.25) is 0 Å². The number of nitrogen functional groups attached to an aromatic ring is 1. The molecule has 0 fully saturated rings. The van der Waals surface area contributed by atoms with Crippen molar-refractivity contribution in [3.63, 3.8) is 0 Å². The van der Waals surface area contributed by atoms with Gasteiger partial charge in [-0.3, -0.25) is 0 Å². The van der Waals surface area contributed by atoms with E-state index in [0.29, 0.717) is 17.7 Å². The molecule has 1 aromatic rings. The molecule has 0 spiro atoms. The molecule has 0 heterocycles. The lowest BCUT2D eigenvalue weighted by atomic mass is 10.0. The molecule has 0 bridgehead atoms. The largest absolute Gasteiger partial charge is 0.430 e. The second-order valence-electron chi connectivity index (χ2n) is 3.83. The highest BCUT2D eigenvalue weighted by Crippen LogP contribution is 2.35. The summed E-state index contributed by atoms with van der Waals surface area (Å²) in [5.41, 5.74) is 7.83. The summed E-state index contributed by atoms with van der Waals surface area (Å²) in [6.07, 6.45) is -2.17. The van der Waals surface area contributed by atoms with Gasteiger partial charge in [0.05, 0.1) is 0 Å². The fourth-order valence-corrected chi connectivity index (χ4v) is 1.70. The van der Waals surface area contributed by atoms with E-state index in [4.69, 9.17) is 17.3 Å². The van der Waals surface area contributed by atoms with Crippen LogP contribution >= 0.6 is 27.5 Å². The van der Waals surface area contributed by atoms with E-state index in [0.717, 1.165) is 12.0 Å². The quantitative estimate of drug-likeness (QED) is 0.639. The topological polar surface area (TPSA) is 35.2 Å². The van der Waals surface area contributed by atoms with E-state index in [1.54, 1.807) is 6.07 Å². The van der Waals surface area contributed by atoms with Crippen molar-refractivity contribution in [2.75, 3.05) is 5.73 Å². The molecule has 2 N–H and O–H groups in total. The van der Waals surface area contributed by atoms with Crippen LogP contribution in [0.1, 0.15) is 25.0 Å². The van der Waals surface area contributed by atoms with Gasteiger partial charge in [-0.15, -0.1) is 0 Å². The van der Waals surface area contributed by atoms with Crippen LogP contribution in [-0.2, 0) is 12.8 Å². The third-order valence-electron chi connectivity index (χ3n) is 2.58. The Hall–Kier alpha value is -0.550. The van der Waals surface area contributed by atoms with Crippen molar-refractivity contribution in [1.29, 1.82) is 0 Å². The molecule has 1 unspecified atom stereocenters. The van der Waals surface area contributed by atoms with E-state index in [1.165, 1.54) is 6.07 Å². The number of rotatable bonds is 5. The van der Waals surface area contributed by atoms with Crippen molar-refractivity contribution in [3.05, 3.63) is 23.3 Å². The molecule has 0 saturated carbocycles. The maximum atomic E-state index is 13.4. The summed E-state index contributed by atoms with van der Waals surface area (Å²) in [6, 6.07) is 3.22. The van der Waals surface area contributed by atoms with Gasteiger partial charge in [-0.05, 0) is 24.0 Å². The molecule has 0 aliphatic carbocycles. The molecule has 2 nitrogen and oxygen atoms in total. The van der Waals surface area contributed by atoms with Gasteiger partial charge in [0.2, 0.25) is 0 Å². The predicted octanol–water partition coefficient (Wildman–Crippen LogP) is 4.33. The molecule has 1 rings (SSSR count). The number of aryl methyl sites for hydroxylation is 2. The summed E-state index contributed by atoms with van der Waals surface area (Å²) in [5.74, 6) is 0.0716. The van der Waals surface area contributed by atoms with E-state index < -0.39 is 10.4 Å². The van der Waals surface area contributed by atoms with Gasteiger partial charge in [0.1, 0.15) is 5.75 Å². The molecule has 1 atom stereocenters. The molecule has 0 saturated heterocycles. The van der Waals surface area contributed by atoms with E-state index in [1.807, 2.05) is 13.8 Å². The summed E-state index contributed by atoms with van der Waals surface area (Å²) >= 11 is 7.93. The third-order valence-corrected chi connectivity index (χ3v) is 3.37. The number of ether oxygens (including phenoxy) is 1. The molecule has 0 aliphatic heterocycles. The van der Waals surface area contributed by atoms with Gasteiger partial charge in [-0.1, -0.05) is 47.4 Å². The van der Waals surface area contributed by atoms with Crippen molar-refractivity contribution in [1.82, 2.24) is 0 Å². The summed E-state index contributed by atoms with van der Waals surface area (Å²) in [7, 11) is 0. The molecule has 0 aliphatic rings. The Bertz CT molecular complexity index is 427. The molecular weight excluding hydrogens is 327 g/mol. The average Bonchev–Trinajstić information content (AvgIpc) is 2.28. The van der Waals surface area contributed by atoms with Gasteiger partial charge in [-0.25, -0.2) is 0 Å². The van der Waals surface area contributed by atoms with Gasteiger partial charge in [0.25, 0.3) is 0 Å². The SMILES string of the molecule is CCc1cc(CC)c(OC(F)(F)C(Cl)Br)cc1N. The first kappa shape index (κ1) is 15.5. The number of halogens is 4. The molecular formula is C12H15BrClF2NO. The monoisotopic (exact) mass is 341 g/mol. The van der Waals surface area contributed by atoms with Gasteiger partial charge in [-0.2, -0.15) is 8.78 Å². The molecule has 102 valence electrons. The summed E-state index contributed by atoms with van der Waals surface area (Å²) < 4.78 is 29.9. The van der Waals surface area contributed by atoms with E-state index in [9.17, 15) is 8.78 Å². The van der Waals surface area contributed by atoms with Crippen molar-refractivity contribution in [2.24, 2.45) is 0 Å². The number of alkyl halides is 4. The minimum Gasteiger partial charge on any atom is -0.430 e. The molecule has 0 radical (unpaired) electrons. The van der Waals surface area contributed by atoms with E-state index >= 15 is 0 Å². The first-order valence-corrected chi connectivity index (χ1v) is 6.93. The lowest BCUT2D eigenvalue weighted by Gasteiger charge is -2.21. The number of benzene rings is 1. The van der Waals surface area contributed by atoms with Crippen molar-refractivity contribution in [2.45, 2.75) is 37.1 Å². The van der Waals surface area contributed by atoms with Crippen molar-refractivity contribution < 1.29 is 13.5 Å². The van der Waals surface area contributed by atoms with Gasteiger partial charge in [0.15, 0.2) is 4.29 Å². The Morgan fingerprint density at radius 1 is 1.33 bits per heavy atom. The van der Waals surface area contributed by atoms with Gasteiger partial charge < -0.3 is 10.5 Å². The Labute approximate surface area is 119 Å². The summed E-state index contributed by atoms with van der Waals surface area (Å²) in [4.78, 5) is 0. The number of anilines is 1. The van der Waals surface area contributed by atoms with Crippen LogP contribution in [0.3, 0.4) is 0 Å². The Kier molecular flexibility index (Phi) is 5.22. The second kappa shape index (κ2) is 6.06. The van der Waals surface area contributed by atoms with Crippen LogP contribution in [0, 0.1) is 0 Å². The van der Waals surface area contributed by atoms with Crippen molar-refractivity contribution in [3.8, 4) is 5.75 Å². The van der Waals surface area contributed by atoms with Crippen LogP contribution < -0.4 is 10.5 Å². The minimum absolute atomic E-state index is 0.0716. The van der Waals surface area contributed by atoms with Crippen LogP contribution in [0.5, 0.6) is 5.75 Å².